The van der Waals surface area contributed by atoms with Gasteiger partial charge in [-0.15, -0.1) is 0 Å². The summed E-state index contributed by atoms with van der Waals surface area (Å²) in [5.74, 6) is 0.226. The van der Waals surface area contributed by atoms with Crippen molar-refractivity contribution in [3.63, 3.8) is 0 Å². The van der Waals surface area contributed by atoms with E-state index in [1.165, 1.54) is 0 Å². The molecule has 0 fully saturated rings. The molecule has 0 aliphatic carbocycles. The number of carbonyl (C=O) groups is 1. The number of carbonyl (C=O) groups excluding carboxylic acids is 1. The Balaban J connectivity index is 2.32. The summed E-state index contributed by atoms with van der Waals surface area (Å²) < 4.78 is 10.4. The van der Waals surface area contributed by atoms with Crippen molar-refractivity contribution in [2.24, 2.45) is 0 Å². The lowest BCUT2D eigenvalue weighted by Gasteiger charge is -2.20. The maximum Gasteiger partial charge on any atom is 0.344 e. The molecule has 0 bridgehead atoms. The second-order valence-corrected chi connectivity index (χ2v) is 5.95. The van der Waals surface area contributed by atoms with Crippen LogP contribution in [0.2, 0.25) is 0 Å². The Bertz CT molecular complexity index is 424. The quantitative estimate of drug-likeness (QED) is 0.590. The normalized spacial score (nSPS) is 11.2. The number of ether oxygens (including phenoxy) is 2. The summed E-state index contributed by atoms with van der Waals surface area (Å²) in [6.07, 6.45) is 3.50. The summed E-state index contributed by atoms with van der Waals surface area (Å²) in [4.78, 5) is 15.7. The highest BCUT2D eigenvalue weighted by Gasteiger charge is 2.09. The molecular formula is C16H26N2O3. The van der Waals surface area contributed by atoms with Crippen LogP contribution in [0.25, 0.3) is 0 Å². The monoisotopic (exact) mass is 294 g/mol. The summed E-state index contributed by atoms with van der Waals surface area (Å²) in [6.45, 7) is 9.44. The molecule has 21 heavy (non-hydrogen) atoms. The van der Waals surface area contributed by atoms with Crippen LogP contribution in [0.1, 0.15) is 46.2 Å². The van der Waals surface area contributed by atoms with Gasteiger partial charge in [-0.1, -0.05) is 13.3 Å². The van der Waals surface area contributed by atoms with Gasteiger partial charge in [0.15, 0.2) is 6.61 Å². The van der Waals surface area contributed by atoms with Gasteiger partial charge in [0.1, 0.15) is 5.75 Å². The van der Waals surface area contributed by atoms with Crippen molar-refractivity contribution in [3.8, 4) is 5.75 Å². The molecule has 0 spiro atoms. The van der Waals surface area contributed by atoms with Crippen molar-refractivity contribution in [3.05, 3.63) is 24.0 Å². The smallest absolute Gasteiger partial charge is 0.344 e. The summed E-state index contributed by atoms with van der Waals surface area (Å²) in [7, 11) is 0. The number of nitrogens with one attached hydrogen (secondary N) is 1. The van der Waals surface area contributed by atoms with Gasteiger partial charge >= 0.3 is 5.97 Å². The number of unbranched alkanes of at least 4 members (excludes halogenated alkanes) is 1. The van der Waals surface area contributed by atoms with Gasteiger partial charge in [0.2, 0.25) is 0 Å². The number of aromatic nitrogens is 1. The van der Waals surface area contributed by atoms with Gasteiger partial charge < -0.3 is 14.8 Å². The second-order valence-electron chi connectivity index (χ2n) is 5.95. The lowest BCUT2D eigenvalue weighted by Crippen LogP contribution is -2.35. The van der Waals surface area contributed by atoms with E-state index in [-0.39, 0.29) is 18.1 Å². The van der Waals surface area contributed by atoms with Crippen LogP contribution in [0.4, 0.5) is 0 Å². The van der Waals surface area contributed by atoms with Crippen molar-refractivity contribution >= 4 is 5.97 Å². The van der Waals surface area contributed by atoms with Crippen LogP contribution in [-0.2, 0) is 16.1 Å². The van der Waals surface area contributed by atoms with E-state index < -0.39 is 0 Å². The van der Waals surface area contributed by atoms with Crippen molar-refractivity contribution in [2.45, 2.75) is 52.6 Å². The minimum atomic E-state index is -0.345. The Labute approximate surface area is 127 Å². The fourth-order valence-corrected chi connectivity index (χ4v) is 1.47. The first-order chi connectivity index (χ1) is 9.90. The molecule has 0 amide bonds. The number of rotatable bonds is 8. The fourth-order valence-electron chi connectivity index (χ4n) is 1.47. The van der Waals surface area contributed by atoms with Crippen LogP contribution in [0.5, 0.6) is 5.75 Å². The van der Waals surface area contributed by atoms with Gasteiger partial charge in [0.25, 0.3) is 0 Å². The molecule has 0 aliphatic heterocycles. The maximum atomic E-state index is 11.4. The first-order valence-electron chi connectivity index (χ1n) is 7.39. The standard InChI is InChI=1S/C16H26N2O3/c1-5-6-9-20-15(19)12-21-14-8-7-13(17-11-14)10-18-16(2,3)4/h7-8,11,18H,5-6,9-10,12H2,1-4H3. The van der Waals surface area contributed by atoms with Gasteiger partial charge in [-0.25, -0.2) is 4.79 Å². The van der Waals surface area contributed by atoms with Gasteiger partial charge in [0, 0.05) is 12.1 Å². The highest BCUT2D eigenvalue weighted by atomic mass is 16.6. The van der Waals surface area contributed by atoms with E-state index in [4.69, 9.17) is 9.47 Å². The molecular weight excluding hydrogens is 268 g/mol. The number of esters is 1. The molecule has 0 radical (unpaired) electrons. The summed E-state index contributed by atoms with van der Waals surface area (Å²) in [5, 5.41) is 3.36. The molecule has 1 N–H and O–H groups in total. The van der Waals surface area contributed by atoms with Crippen LogP contribution in [-0.4, -0.2) is 29.7 Å². The van der Waals surface area contributed by atoms with Gasteiger partial charge in [-0.2, -0.15) is 0 Å². The predicted octanol–water partition coefficient (Wildman–Crippen LogP) is 2.69. The van der Waals surface area contributed by atoms with Gasteiger partial charge in [-0.05, 0) is 39.3 Å². The molecule has 1 aromatic heterocycles. The Morgan fingerprint density at radius 1 is 1.33 bits per heavy atom. The Morgan fingerprint density at radius 2 is 2.10 bits per heavy atom. The SMILES string of the molecule is CCCCOC(=O)COc1ccc(CNC(C)(C)C)nc1. The first kappa shape index (κ1) is 17.4. The number of pyridine rings is 1. The third kappa shape index (κ3) is 8.30. The molecule has 118 valence electrons. The van der Waals surface area contributed by atoms with Crippen LogP contribution >= 0.6 is 0 Å². The highest BCUT2D eigenvalue weighted by Crippen LogP contribution is 2.10. The molecule has 1 aromatic rings. The molecule has 0 unspecified atom stereocenters. The van der Waals surface area contributed by atoms with Crippen LogP contribution in [0, 0.1) is 0 Å². The average molecular weight is 294 g/mol. The summed E-state index contributed by atoms with van der Waals surface area (Å²) in [5.41, 5.74) is 0.988. The minimum absolute atomic E-state index is 0.0547. The van der Waals surface area contributed by atoms with E-state index in [0.29, 0.717) is 18.9 Å². The zero-order valence-corrected chi connectivity index (χ0v) is 13.4. The zero-order chi connectivity index (χ0) is 15.7. The van der Waals surface area contributed by atoms with Crippen LogP contribution < -0.4 is 10.1 Å². The average Bonchev–Trinajstić information content (AvgIpc) is 2.43. The minimum Gasteiger partial charge on any atom is -0.480 e. The van der Waals surface area contributed by atoms with Crippen molar-refractivity contribution in [1.29, 1.82) is 0 Å². The van der Waals surface area contributed by atoms with Crippen LogP contribution in [0.3, 0.4) is 0 Å². The van der Waals surface area contributed by atoms with Crippen molar-refractivity contribution < 1.29 is 14.3 Å². The molecule has 5 nitrogen and oxygen atoms in total. The van der Waals surface area contributed by atoms with Crippen molar-refractivity contribution in [2.75, 3.05) is 13.2 Å². The zero-order valence-electron chi connectivity index (χ0n) is 13.4. The Morgan fingerprint density at radius 3 is 2.67 bits per heavy atom. The number of nitrogens with zero attached hydrogens (tertiary/aromatic N) is 1. The van der Waals surface area contributed by atoms with E-state index >= 15 is 0 Å². The predicted molar refractivity (Wildman–Crippen MR) is 82.2 cm³/mol. The van der Waals surface area contributed by atoms with E-state index in [1.54, 1.807) is 6.20 Å². The first-order valence-corrected chi connectivity index (χ1v) is 7.39. The molecule has 0 aliphatic rings. The highest BCUT2D eigenvalue weighted by molar-refractivity contribution is 5.71. The molecule has 0 aromatic carbocycles. The van der Waals surface area contributed by atoms with E-state index in [9.17, 15) is 4.79 Å². The lowest BCUT2D eigenvalue weighted by atomic mass is 10.1. The molecule has 1 rings (SSSR count). The van der Waals surface area contributed by atoms with E-state index in [1.807, 2.05) is 19.1 Å². The third-order valence-corrected chi connectivity index (χ3v) is 2.72. The van der Waals surface area contributed by atoms with Gasteiger partial charge in [-0.3, -0.25) is 4.98 Å². The van der Waals surface area contributed by atoms with Gasteiger partial charge in [0.05, 0.1) is 18.5 Å². The molecule has 0 saturated heterocycles. The maximum absolute atomic E-state index is 11.4. The molecule has 5 heteroatoms. The molecule has 0 atom stereocenters. The Kier molecular flexibility index (Phi) is 7.15. The number of hydrogen-bond donors (Lipinski definition) is 1. The topological polar surface area (TPSA) is 60.5 Å². The molecule has 0 saturated carbocycles. The lowest BCUT2D eigenvalue weighted by molar-refractivity contribution is -0.146. The van der Waals surface area contributed by atoms with Crippen LogP contribution in [0.15, 0.2) is 18.3 Å². The summed E-state index contributed by atoms with van der Waals surface area (Å²) >= 11 is 0. The van der Waals surface area contributed by atoms with E-state index in [2.05, 4.69) is 31.1 Å². The molecule has 1 heterocycles. The van der Waals surface area contributed by atoms with Crippen molar-refractivity contribution in [1.82, 2.24) is 10.3 Å². The largest absolute Gasteiger partial charge is 0.480 e. The summed E-state index contributed by atoms with van der Waals surface area (Å²) in [6, 6.07) is 3.70. The fraction of sp³-hybridized carbons (Fsp3) is 0.625. The van der Waals surface area contributed by atoms with E-state index in [0.717, 1.165) is 18.5 Å². The Hall–Kier alpha value is -1.62. The second kappa shape index (κ2) is 8.62. The number of hydrogen-bond acceptors (Lipinski definition) is 5. The third-order valence-electron chi connectivity index (χ3n) is 2.72.